The van der Waals surface area contributed by atoms with Gasteiger partial charge in [-0.3, -0.25) is 31.3 Å². The molecule has 4 heterocycles. The predicted molar refractivity (Wildman–Crippen MR) is 225 cm³/mol. The molecule has 344 valence electrons. The first-order chi connectivity index (χ1) is 29.4. The van der Waals surface area contributed by atoms with Crippen LogP contribution in [0.3, 0.4) is 0 Å². The molecule has 4 aliphatic rings. The molecule has 10 N–H and O–H groups in total. The Hall–Kier alpha value is -4.80. The van der Waals surface area contributed by atoms with Gasteiger partial charge in [-0.15, -0.1) is 0 Å². The zero-order chi connectivity index (χ0) is 45.2. The Kier molecular flexibility index (Phi) is 16.7. The van der Waals surface area contributed by atoms with Crippen molar-refractivity contribution in [3.05, 3.63) is 22.2 Å². The SMILES string of the molecule is CCC1(O)CN(c2nc(Cl)nc(NNC(=O)[C@@H](CNC(=O)O)CC3CCCC3)c2F)C1.CCC1(O)CN(c2nc(Cl)nc(NNC(=O)[C@@H](CNC(=O)O)CC3CCCC3)c2F)C1. The lowest BCUT2D eigenvalue weighted by Crippen LogP contribution is -2.62. The van der Waals surface area contributed by atoms with E-state index in [9.17, 15) is 38.2 Å². The van der Waals surface area contributed by atoms with Crippen LogP contribution in [0.15, 0.2) is 0 Å². The van der Waals surface area contributed by atoms with Crippen LogP contribution in [0.1, 0.15) is 90.9 Å². The van der Waals surface area contributed by atoms with E-state index < -0.39 is 58.7 Å². The number of amides is 4. The van der Waals surface area contributed by atoms with Gasteiger partial charge in [0.15, 0.2) is 23.3 Å². The topological polar surface area (TPSA) is 279 Å². The normalized spacial score (nSPS) is 18.9. The highest BCUT2D eigenvalue weighted by Crippen LogP contribution is 2.35. The first kappa shape index (κ1) is 48.2. The molecule has 4 fully saturated rings. The molecule has 0 radical (unpaired) electrons. The summed E-state index contributed by atoms with van der Waals surface area (Å²) in [5.41, 5.74) is 7.95. The second-order valence-electron chi connectivity index (χ2n) is 16.6. The Morgan fingerprint density at radius 1 is 0.661 bits per heavy atom. The highest BCUT2D eigenvalue weighted by atomic mass is 35.5. The quantitative estimate of drug-likeness (QED) is 0.0738. The standard InChI is InChI=1S/2C19H28ClFN6O4/c2*1-2-19(31)9-27(10-19)15-13(21)14(23-17(20)24-15)25-26-16(28)12(8-22-18(29)30)7-11-5-3-4-6-11/h2*11-12,22,31H,2-10H2,1H3,(H,26,28)(H,29,30)(H,23,24,25)/t2*12-/m11/s1. The molecular weight excluding hydrogens is 861 g/mol. The lowest BCUT2D eigenvalue weighted by Gasteiger charge is -2.46. The van der Waals surface area contributed by atoms with Gasteiger partial charge in [0, 0.05) is 13.1 Å². The van der Waals surface area contributed by atoms with Crippen molar-refractivity contribution in [2.75, 3.05) is 59.9 Å². The number of halogens is 4. The van der Waals surface area contributed by atoms with Crippen LogP contribution < -0.4 is 42.1 Å². The fourth-order valence-electron chi connectivity index (χ4n) is 8.21. The molecule has 62 heavy (non-hydrogen) atoms. The Morgan fingerprint density at radius 3 is 1.31 bits per heavy atom. The van der Waals surface area contributed by atoms with Crippen LogP contribution >= 0.6 is 23.2 Å². The van der Waals surface area contributed by atoms with Crippen LogP contribution in [0.25, 0.3) is 0 Å². The van der Waals surface area contributed by atoms with Gasteiger partial charge in [-0.05, 0) is 60.7 Å². The largest absolute Gasteiger partial charge is 0.465 e. The highest BCUT2D eigenvalue weighted by Gasteiger charge is 2.43. The second kappa shape index (κ2) is 21.5. The number of carbonyl (C=O) groups excluding carboxylic acids is 2. The van der Waals surface area contributed by atoms with Crippen molar-refractivity contribution < 1.29 is 48.4 Å². The average molecular weight is 918 g/mol. The van der Waals surface area contributed by atoms with E-state index in [1.54, 1.807) is 9.80 Å². The summed E-state index contributed by atoms with van der Waals surface area (Å²) in [6, 6.07) is 0. The zero-order valence-corrected chi connectivity index (χ0v) is 36.2. The number of nitrogens with zero attached hydrogens (tertiary/aromatic N) is 6. The maximum Gasteiger partial charge on any atom is 0.404 e. The summed E-state index contributed by atoms with van der Waals surface area (Å²) in [4.78, 5) is 65.6. The number of rotatable bonds is 18. The van der Waals surface area contributed by atoms with Crippen molar-refractivity contribution in [1.29, 1.82) is 0 Å². The highest BCUT2D eigenvalue weighted by molar-refractivity contribution is 6.28. The van der Waals surface area contributed by atoms with E-state index in [1.807, 2.05) is 13.8 Å². The molecule has 2 saturated carbocycles. The smallest absolute Gasteiger partial charge is 0.404 e. The van der Waals surface area contributed by atoms with Crippen LogP contribution in [0.5, 0.6) is 0 Å². The van der Waals surface area contributed by atoms with Gasteiger partial charge in [0.2, 0.25) is 34.0 Å². The predicted octanol–water partition coefficient (Wildman–Crippen LogP) is 4.27. The fourth-order valence-corrected chi connectivity index (χ4v) is 8.54. The third-order valence-electron chi connectivity index (χ3n) is 12.0. The van der Waals surface area contributed by atoms with Gasteiger partial charge in [0.25, 0.3) is 0 Å². The third kappa shape index (κ3) is 13.1. The van der Waals surface area contributed by atoms with Crippen LogP contribution in [0.2, 0.25) is 10.6 Å². The van der Waals surface area contributed by atoms with E-state index in [1.165, 1.54) is 0 Å². The van der Waals surface area contributed by atoms with Crippen molar-refractivity contribution in [3.63, 3.8) is 0 Å². The lowest BCUT2D eigenvalue weighted by atomic mass is 9.91. The molecule has 0 aromatic carbocycles. The van der Waals surface area contributed by atoms with Gasteiger partial charge < -0.3 is 40.9 Å². The minimum Gasteiger partial charge on any atom is -0.465 e. The van der Waals surface area contributed by atoms with Crippen molar-refractivity contribution in [1.82, 2.24) is 41.4 Å². The van der Waals surface area contributed by atoms with Crippen molar-refractivity contribution >= 4 is 70.5 Å². The van der Waals surface area contributed by atoms with Crippen molar-refractivity contribution in [2.45, 2.75) is 102 Å². The lowest BCUT2D eigenvalue weighted by molar-refractivity contribution is -0.125. The second-order valence-corrected chi connectivity index (χ2v) is 17.3. The number of carboxylic acid groups (broad SMARTS) is 2. The van der Waals surface area contributed by atoms with Crippen LogP contribution in [-0.2, 0) is 9.59 Å². The number of carbonyl (C=O) groups is 4. The molecule has 2 atom stereocenters. The van der Waals surface area contributed by atoms with Gasteiger partial charge in [0.1, 0.15) is 0 Å². The van der Waals surface area contributed by atoms with Crippen LogP contribution in [0.4, 0.5) is 41.6 Å². The van der Waals surface area contributed by atoms with E-state index in [-0.39, 0.29) is 73.1 Å². The molecule has 6 rings (SSSR count). The molecule has 4 amide bonds. The molecule has 0 unspecified atom stereocenters. The number of hydrazine groups is 2. The summed E-state index contributed by atoms with van der Waals surface area (Å²) >= 11 is 11.8. The molecule has 20 nitrogen and oxygen atoms in total. The van der Waals surface area contributed by atoms with E-state index >= 15 is 0 Å². The molecule has 0 bridgehead atoms. The van der Waals surface area contributed by atoms with Gasteiger partial charge >= 0.3 is 12.2 Å². The summed E-state index contributed by atoms with van der Waals surface area (Å²) in [5, 5.41) is 42.2. The number of β-amino-alcohol motifs (C(OH)–C–C–N with tert-alkyl or cyclic N) is 2. The van der Waals surface area contributed by atoms with Gasteiger partial charge in [-0.1, -0.05) is 65.2 Å². The third-order valence-corrected chi connectivity index (χ3v) is 12.3. The van der Waals surface area contributed by atoms with Crippen LogP contribution in [-0.4, -0.2) is 115 Å². The van der Waals surface area contributed by atoms with Crippen molar-refractivity contribution in [2.24, 2.45) is 23.7 Å². The number of hydrogen-bond acceptors (Lipinski definition) is 14. The van der Waals surface area contributed by atoms with E-state index in [2.05, 4.69) is 52.3 Å². The Bertz CT molecular complexity index is 1770. The molecule has 24 heteroatoms. The number of anilines is 4. The molecule has 0 spiro atoms. The maximum absolute atomic E-state index is 14.9. The van der Waals surface area contributed by atoms with Crippen molar-refractivity contribution in [3.8, 4) is 0 Å². The van der Waals surface area contributed by atoms with E-state index in [0.29, 0.717) is 37.5 Å². The molecule has 2 aromatic rings. The average Bonchev–Trinajstić information content (AvgIpc) is 3.94. The maximum atomic E-state index is 14.9. The van der Waals surface area contributed by atoms with Crippen LogP contribution in [0, 0.1) is 35.3 Å². The monoisotopic (exact) mass is 916 g/mol. The molecule has 2 aliphatic carbocycles. The Labute approximate surface area is 367 Å². The summed E-state index contributed by atoms with van der Waals surface area (Å²) in [7, 11) is 0. The molecule has 2 aromatic heterocycles. The van der Waals surface area contributed by atoms with E-state index in [4.69, 9.17) is 33.4 Å². The Balaban J connectivity index is 0.000000234. The first-order valence-corrected chi connectivity index (χ1v) is 21.6. The number of hydrogen-bond donors (Lipinski definition) is 10. The minimum absolute atomic E-state index is 0.0407. The summed E-state index contributed by atoms with van der Waals surface area (Å²) in [6.07, 6.45) is 8.11. The summed E-state index contributed by atoms with van der Waals surface area (Å²) < 4.78 is 29.8. The zero-order valence-electron chi connectivity index (χ0n) is 34.7. The molecule has 2 saturated heterocycles. The number of aromatic nitrogens is 4. The van der Waals surface area contributed by atoms with Gasteiger partial charge in [-0.25, -0.2) is 9.59 Å². The number of aliphatic hydroxyl groups is 2. The summed E-state index contributed by atoms with van der Waals surface area (Å²) in [6.45, 7) is 4.44. The summed E-state index contributed by atoms with van der Waals surface area (Å²) in [5.74, 6) is -3.81. The molecule has 2 aliphatic heterocycles. The molecular formula is C38H56Cl2F2N12O8. The minimum atomic E-state index is -1.21. The van der Waals surface area contributed by atoms with Gasteiger partial charge in [0.05, 0.1) is 49.2 Å². The first-order valence-electron chi connectivity index (χ1n) is 20.9. The fraction of sp³-hybridized carbons (Fsp3) is 0.684. The van der Waals surface area contributed by atoms with E-state index in [0.717, 1.165) is 51.4 Å². The Morgan fingerprint density at radius 2 is 1.00 bits per heavy atom. The number of nitrogens with one attached hydrogen (secondary N) is 6. The van der Waals surface area contributed by atoms with Gasteiger partial charge in [-0.2, -0.15) is 28.7 Å².